The van der Waals surface area contributed by atoms with Crippen LogP contribution in [0.5, 0.6) is 0 Å². The van der Waals surface area contributed by atoms with Crippen molar-refractivity contribution in [3.8, 4) is 0 Å². The van der Waals surface area contributed by atoms with Gasteiger partial charge in [-0.1, -0.05) is 6.07 Å². The Morgan fingerprint density at radius 2 is 2.15 bits per heavy atom. The number of amides is 1. The molecular weight excluding hydrogens is 337 g/mol. The van der Waals surface area contributed by atoms with Crippen LogP contribution in [0.3, 0.4) is 0 Å². The van der Waals surface area contributed by atoms with E-state index in [4.69, 9.17) is 0 Å². The SMILES string of the molecule is Cc1ccc(Br)c(NC(=O)C2(C(F)(F)F)CCNC2)c1. The molecule has 3 nitrogen and oxygen atoms in total. The number of halogens is 4. The molecule has 1 atom stereocenters. The molecule has 0 aliphatic carbocycles. The van der Waals surface area contributed by atoms with E-state index in [0.29, 0.717) is 10.2 Å². The number of nitrogens with one attached hydrogen (secondary N) is 2. The van der Waals surface area contributed by atoms with Crippen molar-refractivity contribution < 1.29 is 18.0 Å². The maximum absolute atomic E-state index is 13.2. The van der Waals surface area contributed by atoms with Crippen LogP contribution in [0.25, 0.3) is 0 Å². The average Bonchev–Trinajstić information content (AvgIpc) is 2.83. The molecule has 0 saturated carbocycles. The van der Waals surface area contributed by atoms with Crippen LogP contribution in [0.15, 0.2) is 22.7 Å². The first kappa shape index (κ1) is 15.3. The lowest BCUT2D eigenvalue weighted by atomic mass is 9.85. The first-order valence-corrected chi connectivity index (χ1v) is 6.91. The minimum atomic E-state index is -4.57. The van der Waals surface area contributed by atoms with Crippen LogP contribution in [0.1, 0.15) is 12.0 Å². The molecule has 1 aliphatic rings. The first-order chi connectivity index (χ1) is 9.26. The number of anilines is 1. The van der Waals surface area contributed by atoms with E-state index in [0.717, 1.165) is 5.56 Å². The minimum Gasteiger partial charge on any atom is -0.324 e. The van der Waals surface area contributed by atoms with Gasteiger partial charge in [-0.3, -0.25) is 4.79 Å². The summed E-state index contributed by atoms with van der Waals surface area (Å²) in [6.07, 6.45) is -4.82. The third-order valence-corrected chi connectivity index (χ3v) is 4.19. The summed E-state index contributed by atoms with van der Waals surface area (Å²) in [5.74, 6) is -1.01. The van der Waals surface area contributed by atoms with Crippen molar-refractivity contribution in [3.05, 3.63) is 28.2 Å². The lowest BCUT2D eigenvalue weighted by molar-refractivity contribution is -0.213. The maximum atomic E-state index is 13.2. The van der Waals surface area contributed by atoms with E-state index >= 15 is 0 Å². The summed E-state index contributed by atoms with van der Waals surface area (Å²) in [4.78, 5) is 12.2. The second-order valence-corrected chi connectivity index (χ2v) is 5.80. The molecule has 0 radical (unpaired) electrons. The smallest absolute Gasteiger partial charge is 0.324 e. The molecule has 2 N–H and O–H groups in total. The van der Waals surface area contributed by atoms with Gasteiger partial charge in [-0.15, -0.1) is 0 Å². The molecule has 1 fully saturated rings. The van der Waals surface area contributed by atoms with Crippen molar-refractivity contribution in [2.75, 3.05) is 18.4 Å². The van der Waals surface area contributed by atoms with Gasteiger partial charge < -0.3 is 10.6 Å². The molecule has 7 heteroatoms. The Morgan fingerprint density at radius 1 is 1.45 bits per heavy atom. The molecule has 1 saturated heterocycles. The fraction of sp³-hybridized carbons (Fsp3) is 0.462. The molecule has 1 amide bonds. The summed E-state index contributed by atoms with van der Waals surface area (Å²) in [5.41, 5.74) is -1.14. The second kappa shape index (κ2) is 5.37. The Balaban J connectivity index is 2.28. The van der Waals surface area contributed by atoms with Gasteiger partial charge in [0.1, 0.15) is 0 Å². The fourth-order valence-corrected chi connectivity index (χ4v) is 2.58. The second-order valence-electron chi connectivity index (χ2n) is 4.94. The summed E-state index contributed by atoms with van der Waals surface area (Å²) in [7, 11) is 0. The molecule has 20 heavy (non-hydrogen) atoms. The molecule has 1 heterocycles. The lowest BCUT2D eigenvalue weighted by Crippen LogP contribution is -2.49. The van der Waals surface area contributed by atoms with Crippen LogP contribution in [-0.4, -0.2) is 25.2 Å². The topological polar surface area (TPSA) is 41.1 Å². The van der Waals surface area contributed by atoms with Gasteiger partial charge in [0, 0.05) is 11.0 Å². The van der Waals surface area contributed by atoms with Gasteiger partial charge in [0.2, 0.25) is 5.91 Å². The highest BCUT2D eigenvalue weighted by Gasteiger charge is 2.61. The average molecular weight is 351 g/mol. The highest BCUT2D eigenvalue weighted by atomic mass is 79.9. The van der Waals surface area contributed by atoms with Gasteiger partial charge in [0.15, 0.2) is 5.41 Å². The zero-order chi connectivity index (χ0) is 15.0. The summed E-state index contributed by atoms with van der Waals surface area (Å²) >= 11 is 3.22. The van der Waals surface area contributed by atoms with Gasteiger partial charge in [0.05, 0.1) is 5.69 Å². The molecule has 0 aromatic heterocycles. The van der Waals surface area contributed by atoms with E-state index in [2.05, 4.69) is 26.6 Å². The summed E-state index contributed by atoms with van der Waals surface area (Å²) < 4.78 is 40.3. The number of hydrogen-bond donors (Lipinski definition) is 2. The van der Waals surface area contributed by atoms with E-state index in [1.165, 1.54) is 0 Å². The van der Waals surface area contributed by atoms with Crippen molar-refractivity contribution in [3.63, 3.8) is 0 Å². The zero-order valence-corrected chi connectivity index (χ0v) is 12.4. The van der Waals surface area contributed by atoms with E-state index in [9.17, 15) is 18.0 Å². The molecule has 1 aliphatic heterocycles. The van der Waals surface area contributed by atoms with Crippen LogP contribution in [0.4, 0.5) is 18.9 Å². The summed E-state index contributed by atoms with van der Waals surface area (Å²) in [6.45, 7) is 1.60. The Kier molecular flexibility index (Phi) is 4.11. The Hall–Kier alpha value is -1.08. The molecule has 2 rings (SSSR count). The van der Waals surface area contributed by atoms with Gasteiger partial charge in [0.25, 0.3) is 0 Å². The van der Waals surface area contributed by atoms with Crippen LogP contribution >= 0.6 is 15.9 Å². The Morgan fingerprint density at radius 3 is 2.70 bits per heavy atom. The highest BCUT2D eigenvalue weighted by molar-refractivity contribution is 9.10. The van der Waals surface area contributed by atoms with Crippen LogP contribution < -0.4 is 10.6 Å². The third kappa shape index (κ3) is 2.69. The van der Waals surface area contributed by atoms with Gasteiger partial charge >= 0.3 is 6.18 Å². The van der Waals surface area contributed by atoms with E-state index < -0.39 is 17.5 Å². The predicted octanol–water partition coefficient (Wildman–Crippen LogP) is 3.24. The summed E-state index contributed by atoms with van der Waals surface area (Å²) in [6, 6.07) is 5.13. The number of hydrogen-bond acceptors (Lipinski definition) is 2. The molecule has 0 spiro atoms. The van der Waals surface area contributed by atoms with Crippen LogP contribution in [0, 0.1) is 12.3 Å². The maximum Gasteiger partial charge on any atom is 0.404 e. The van der Waals surface area contributed by atoms with E-state index in [1.807, 2.05) is 0 Å². The molecule has 110 valence electrons. The standard InChI is InChI=1S/C13H14BrF3N2O/c1-8-2-3-9(14)10(6-8)19-11(20)12(13(15,16)17)4-5-18-7-12/h2-3,6,18H,4-5,7H2,1H3,(H,19,20). The van der Waals surface area contributed by atoms with Crippen LogP contribution in [0.2, 0.25) is 0 Å². The highest BCUT2D eigenvalue weighted by Crippen LogP contribution is 2.44. The van der Waals surface area contributed by atoms with Gasteiger partial charge in [-0.25, -0.2) is 0 Å². The largest absolute Gasteiger partial charge is 0.404 e. The molecule has 1 aromatic carbocycles. The molecular formula is C13H14BrF3N2O. The summed E-state index contributed by atoms with van der Waals surface area (Å²) in [5, 5.41) is 5.01. The van der Waals surface area contributed by atoms with Gasteiger partial charge in [-0.05, 0) is 53.5 Å². The first-order valence-electron chi connectivity index (χ1n) is 6.11. The number of alkyl halides is 3. The minimum absolute atomic E-state index is 0.182. The fourth-order valence-electron chi connectivity index (χ4n) is 2.23. The molecule has 1 aromatic rings. The molecule has 1 unspecified atom stereocenters. The van der Waals surface area contributed by atoms with Crippen molar-refractivity contribution in [2.24, 2.45) is 5.41 Å². The van der Waals surface area contributed by atoms with E-state index in [-0.39, 0.29) is 19.5 Å². The quantitative estimate of drug-likeness (QED) is 0.859. The van der Waals surface area contributed by atoms with E-state index in [1.54, 1.807) is 25.1 Å². The van der Waals surface area contributed by atoms with Crippen molar-refractivity contribution in [1.29, 1.82) is 0 Å². The van der Waals surface area contributed by atoms with Crippen molar-refractivity contribution >= 4 is 27.5 Å². The number of aryl methyl sites for hydroxylation is 1. The predicted molar refractivity (Wildman–Crippen MR) is 73.5 cm³/mol. The monoisotopic (exact) mass is 350 g/mol. The number of carbonyl (C=O) groups is 1. The Bertz CT molecular complexity index is 525. The number of rotatable bonds is 2. The third-order valence-electron chi connectivity index (χ3n) is 3.50. The normalized spacial score (nSPS) is 22.9. The van der Waals surface area contributed by atoms with Gasteiger partial charge in [-0.2, -0.15) is 13.2 Å². The Labute approximate surface area is 123 Å². The lowest BCUT2D eigenvalue weighted by Gasteiger charge is -2.29. The number of carbonyl (C=O) groups excluding carboxylic acids is 1. The van der Waals surface area contributed by atoms with Crippen molar-refractivity contribution in [2.45, 2.75) is 19.5 Å². The van der Waals surface area contributed by atoms with Crippen LogP contribution in [-0.2, 0) is 4.79 Å². The van der Waals surface area contributed by atoms with Crippen molar-refractivity contribution in [1.82, 2.24) is 5.32 Å². The zero-order valence-electron chi connectivity index (χ0n) is 10.8. The molecule has 0 bridgehead atoms. The number of benzene rings is 1.